The molecule has 7 heteroatoms. The van der Waals surface area contributed by atoms with E-state index in [1.165, 1.54) is 5.56 Å². The Hall–Kier alpha value is -1.46. The third-order valence-corrected chi connectivity index (χ3v) is 5.01. The van der Waals surface area contributed by atoms with E-state index in [2.05, 4.69) is 23.3 Å². The van der Waals surface area contributed by atoms with Crippen LogP contribution in [0.4, 0.5) is 4.79 Å². The zero-order valence-electron chi connectivity index (χ0n) is 14.7. The molecule has 1 fully saturated rings. The molecular formula is C19H23BiN2O3S. The summed E-state index contributed by atoms with van der Waals surface area (Å²) in [4.78, 5) is 27.2. The van der Waals surface area contributed by atoms with Gasteiger partial charge in [0.25, 0.3) is 5.24 Å². The summed E-state index contributed by atoms with van der Waals surface area (Å²) in [6.45, 7) is 2.67. The summed E-state index contributed by atoms with van der Waals surface area (Å²) >= 11 is 1.05. The molecule has 2 heterocycles. The summed E-state index contributed by atoms with van der Waals surface area (Å²) < 4.78 is 5.75. The van der Waals surface area contributed by atoms with Gasteiger partial charge in [-0.1, -0.05) is 36.9 Å². The Morgan fingerprint density at radius 3 is 2.42 bits per heavy atom. The fraction of sp³-hybridized carbons (Fsp3) is 0.316. The number of nitrogens with one attached hydrogen (secondary N) is 1. The fourth-order valence-corrected chi connectivity index (χ4v) is 3.41. The molecule has 0 aliphatic carbocycles. The van der Waals surface area contributed by atoms with E-state index in [1.807, 2.05) is 36.5 Å². The van der Waals surface area contributed by atoms with Crippen LogP contribution in [-0.2, 0) is 24.1 Å². The maximum absolute atomic E-state index is 11.6. The first-order chi connectivity index (χ1) is 12.1. The number of imide groups is 1. The first-order valence-electron chi connectivity index (χ1n) is 8.31. The van der Waals surface area contributed by atoms with E-state index >= 15 is 0 Å². The SMILES string of the molecule is CCc1ccc(CCOc2ccc(CC3SC(=O)NC3=O)cc2)nc1.[BiH3]. The van der Waals surface area contributed by atoms with Gasteiger partial charge < -0.3 is 4.74 Å². The monoisotopic (exact) mass is 568 g/mol. The third kappa shape index (κ3) is 5.78. The summed E-state index contributed by atoms with van der Waals surface area (Å²) in [7, 11) is 0. The normalized spacial score (nSPS) is 16.1. The second-order valence-electron chi connectivity index (χ2n) is 5.84. The number of aryl methyl sites for hydroxylation is 1. The molecule has 5 nitrogen and oxygen atoms in total. The number of ether oxygens (including phenoxy) is 1. The molecule has 0 spiro atoms. The number of hydrogen-bond acceptors (Lipinski definition) is 5. The van der Waals surface area contributed by atoms with Gasteiger partial charge in [0, 0.05) is 18.3 Å². The average molecular weight is 568 g/mol. The first-order valence-corrected chi connectivity index (χ1v) is 9.19. The van der Waals surface area contributed by atoms with E-state index in [-0.39, 0.29) is 42.6 Å². The van der Waals surface area contributed by atoms with Crippen molar-refractivity contribution < 1.29 is 14.3 Å². The van der Waals surface area contributed by atoms with Crippen molar-refractivity contribution in [3.05, 3.63) is 59.4 Å². The fourth-order valence-electron chi connectivity index (χ4n) is 2.55. The number of thioether (sulfide) groups is 1. The number of pyridine rings is 1. The Morgan fingerprint density at radius 2 is 1.85 bits per heavy atom. The number of hydrogen-bond donors (Lipinski definition) is 1. The molecule has 1 unspecified atom stereocenters. The molecule has 2 aromatic rings. The molecule has 0 radical (unpaired) electrons. The zero-order chi connectivity index (χ0) is 17.6. The summed E-state index contributed by atoms with van der Waals surface area (Å²) in [6, 6.07) is 11.8. The second-order valence-corrected chi connectivity index (χ2v) is 7.02. The van der Waals surface area contributed by atoms with Crippen LogP contribution in [0.25, 0.3) is 0 Å². The number of aromatic nitrogens is 1. The van der Waals surface area contributed by atoms with Gasteiger partial charge in [-0.05, 0) is 42.2 Å². The molecular weight excluding hydrogens is 545 g/mol. The summed E-state index contributed by atoms with van der Waals surface area (Å²) in [5, 5.41) is 1.70. The standard InChI is InChI=1S/C19H20N2O3S.Bi.3H/c1-2-13-3-6-15(20-12-13)9-10-24-16-7-4-14(5-8-16)11-17-18(22)21-19(23)25-17;;;;/h3-8,12,17H,2,9-11H2,1H3,(H,21,22,23);;;;. The van der Waals surface area contributed by atoms with Crippen LogP contribution in [0.3, 0.4) is 0 Å². The Morgan fingerprint density at radius 1 is 1.12 bits per heavy atom. The number of nitrogens with zero attached hydrogens (tertiary/aromatic N) is 1. The Balaban J connectivity index is 0.00000243. The van der Waals surface area contributed by atoms with Crippen molar-refractivity contribution in [1.82, 2.24) is 10.3 Å². The van der Waals surface area contributed by atoms with Crippen molar-refractivity contribution in [2.45, 2.75) is 31.4 Å². The Labute approximate surface area is 176 Å². The minimum absolute atomic E-state index is 0. The van der Waals surface area contributed by atoms with Gasteiger partial charge in [-0.2, -0.15) is 0 Å². The number of amides is 2. The topological polar surface area (TPSA) is 68.3 Å². The molecule has 1 N–H and O–H groups in total. The third-order valence-electron chi connectivity index (χ3n) is 4.03. The summed E-state index contributed by atoms with van der Waals surface area (Å²) in [6.07, 6.45) is 4.19. The van der Waals surface area contributed by atoms with Gasteiger partial charge >= 0.3 is 26.2 Å². The molecule has 1 aliphatic heterocycles. The van der Waals surface area contributed by atoms with Crippen molar-refractivity contribution in [3.8, 4) is 5.75 Å². The Kier molecular flexibility index (Phi) is 8.04. The van der Waals surface area contributed by atoms with Gasteiger partial charge in [-0.25, -0.2) is 0 Å². The number of carbonyl (C=O) groups is 2. The molecule has 1 saturated heterocycles. The quantitative estimate of drug-likeness (QED) is 0.518. The minimum atomic E-state index is -0.337. The van der Waals surface area contributed by atoms with Crippen LogP contribution in [0, 0.1) is 0 Å². The van der Waals surface area contributed by atoms with Crippen molar-refractivity contribution in [3.63, 3.8) is 0 Å². The predicted octanol–water partition coefficient (Wildman–Crippen LogP) is 1.98. The molecule has 26 heavy (non-hydrogen) atoms. The van der Waals surface area contributed by atoms with E-state index in [4.69, 9.17) is 4.74 Å². The van der Waals surface area contributed by atoms with Crippen molar-refractivity contribution in [1.29, 1.82) is 0 Å². The van der Waals surface area contributed by atoms with Crippen LogP contribution < -0.4 is 10.1 Å². The maximum atomic E-state index is 11.6. The molecule has 1 aromatic heterocycles. The molecule has 3 rings (SSSR count). The van der Waals surface area contributed by atoms with Crippen molar-refractivity contribution in [2.75, 3.05) is 6.61 Å². The van der Waals surface area contributed by atoms with Gasteiger partial charge in [-0.15, -0.1) is 0 Å². The van der Waals surface area contributed by atoms with Crippen LogP contribution in [0.5, 0.6) is 5.75 Å². The van der Waals surface area contributed by atoms with Gasteiger partial charge in [0.15, 0.2) is 0 Å². The molecule has 0 bridgehead atoms. The average Bonchev–Trinajstić information content (AvgIpc) is 2.94. The molecule has 2 amide bonds. The van der Waals surface area contributed by atoms with Gasteiger partial charge in [0.2, 0.25) is 5.91 Å². The second kappa shape index (κ2) is 10.0. The van der Waals surface area contributed by atoms with Crippen LogP contribution in [0.2, 0.25) is 0 Å². The molecule has 0 saturated carbocycles. The van der Waals surface area contributed by atoms with E-state index < -0.39 is 0 Å². The van der Waals surface area contributed by atoms with Gasteiger partial charge in [-0.3, -0.25) is 19.9 Å². The van der Waals surface area contributed by atoms with E-state index in [0.717, 1.165) is 41.6 Å². The molecule has 1 aliphatic rings. The number of benzene rings is 1. The summed E-state index contributed by atoms with van der Waals surface area (Å²) in [5.74, 6) is 0.574. The molecule has 1 atom stereocenters. The molecule has 1 aromatic carbocycles. The van der Waals surface area contributed by atoms with Crippen LogP contribution in [0.15, 0.2) is 42.6 Å². The van der Waals surface area contributed by atoms with E-state index in [0.29, 0.717) is 13.0 Å². The van der Waals surface area contributed by atoms with E-state index in [9.17, 15) is 9.59 Å². The van der Waals surface area contributed by atoms with Crippen molar-refractivity contribution in [2.24, 2.45) is 0 Å². The van der Waals surface area contributed by atoms with Crippen molar-refractivity contribution >= 4 is 49.1 Å². The van der Waals surface area contributed by atoms with Gasteiger partial charge in [0.05, 0.1) is 11.9 Å². The Bertz CT molecular complexity index is 750. The zero-order valence-corrected chi connectivity index (χ0v) is 21.0. The van der Waals surface area contributed by atoms with Crippen LogP contribution >= 0.6 is 11.8 Å². The van der Waals surface area contributed by atoms with E-state index in [1.54, 1.807) is 0 Å². The number of rotatable bonds is 7. The first kappa shape index (κ1) is 20.9. The summed E-state index contributed by atoms with van der Waals surface area (Å²) in [5.41, 5.74) is 3.25. The van der Waals surface area contributed by atoms with Gasteiger partial charge in [0.1, 0.15) is 5.75 Å². The van der Waals surface area contributed by atoms with Crippen LogP contribution in [-0.4, -0.2) is 54.2 Å². The number of carbonyl (C=O) groups excluding carboxylic acids is 2. The van der Waals surface area contributed by atoms with Crippen LogP contribution in [0.1, 0.15) is 23.7 Å². The molecule has 138 valence electrons. The predicted molar refractivity (Wildman–Crippen MR) is 108 cm³/mol.